The number of rotatable bonds is 5. The van der Waals surface area contributed by atoms with Crippen molar-refractivity contribution in [1.82, 2.24) is 14.7 Å². The molecule has 0 aliphatic heterocycles. The minimum Gasteiger partial charge on any atom is -0.469 e. The van der Waals surface area contributed by atoms with E-state index in [4.69, 9.17) is 9.72 Å². The first-order valence-corrected chi connectivity index (χ1v) is 12.2. The summed E-state index contributed by atoms with van der Waals surface area (Å²) in [5.41, 5.74) is 4.39. The number of sulfonamides is 1. The Morgan fingerprint density at radius 2 is 1.66 bits per heavy atom. The van der Waals surface area contributed by atoms with Gasteiger partial charge in [-0.25, -0.2) is 18.1 Å². The molecule has 0 unspecified atom stereocenters. The van der Waals surface area contributed by atoms with E-state index in [9.17, 15) is 13.2 Å². The molecule has 0 atom stereocenters. The SMILES string of the molecule is COC(=O)[C@H]1CC[C@H](NS(=O)(=O)c2ccc3nc(-c4cc(C)nc(C)c4)ccc3c2)CC1. The van der Waals surface area contributed by atoms with Crippen molar-refractivity contribution in [1.29, 1.82) is 0 Å². The molecular weight excluding hydrogens is 426 g/mol. The molecule has 2 heterocycles. The van der Waals surface area contributed by atoms with Gasteiger partial charge in [0.25, 0.3) is 0 Å². The molecular formula is C24H27N3O4S. The van der Waals surface area contributed by atoms with Crippen molar-refractivity contribution >= 4 is 26.9 Å². The molecule has 7 nitrogen and oxygen atoms in total. The average Bonchev–Trinajstić information content (AvgIpc) is 2.77. The summed E-state index contributed by atoms with van der Waals surface area (Å²) in [5.74, 6) is -0.362. The zero-order valence-corrected chi connectivity index (χ0v) is 19.3. The van der Waals surface area contributed by atoms with E-state index in [-0.39, 0.29) is 22.8 Å². The smallest absolute Gasteiger partial charge is 0.308 e. The van der Waals surface area contributed by atoms with E-state index in [1.54, 1.807) is 18.2 Å². The maximum absolute atomic E-state index is 12.9. The van der Waals surface area contributed by atoms with Crippen LogP contribution in [0.3, 0.4) is 0 Å². The number of hydrogen-bond donors (Lipinski definition) is 1. The van der Waals surface area contributed by atoms with E-state index in [0.717, 1.165) is 33.5 Å². The molecule has 2 aromatic heterocycles. The minimum absolute atomic E-state index is 0.144. The quantitative estimate of drug-likeness (QED) is 0.588. The highest BCUT2D eigenvalue weighted by atomic mass is 32.2. The standard InChI is InChI=1S/C24H27N3O4S/c1-15-12-19(13-16(2)25-15)23-10-6-18-14-21(9-11-22(18)26-23)32(29,30)27-20-7-4-17(5-8-20)24(28)31-3/h6,9-14,17,20,27H,4-5,7-8H2,1-3H3/t17-,20-. The van der Waals surface area contributed by atoms with E-state index in [2.05, 4.69) is 9.71 Å². The second-order valence-electron chi connectivity index (χ2n) is 8.38. The fourth-order valence-electron chi connectivity index (χ4n) is 4.32. The fourth-order valence-corrected chi connectivity index (χ4v) is 5.65. The van der Waals surface area contributed by atoms with Crippen molar-refractivity contribution in [3.63, 3.8) is 0 Å². The van der Waals surface area contributed by atoms with Crippen molar-refractivity contribution in [2.75, 3.05) is 7.11 Å². The average molecular weight is 454 g/mol. The van der Waals surface area contributed by atoms with Gasteiger partial charge in [0.15, 0.2) is 0 Å². The maximum atomic E-state index is 12.9. The summed E-state index contributed by atoms with van der Waals surface area (Å²) in [6.07, 6.45) is 2.47. The predicted molar refractivity (Wildman–Crippen MR) is 123 cm³/mol. The molecule has 1 aromatic carbocycles. The molecule has 1 aliphatic rings. The largest absolute Gasteiger partial charge is 0.469 e. The van der Waals surface area contributed by atoms with Gasteiger partial charge in [-0.05, 0) is 75.9 Å². The zero-order chi connectivity index (χ0) is 22.9. The topological polar surface area (TPSA) is 98.2 Å². The molecule has 1 N–H and O–H groups in total. The Morgan fingerprint density at radius 3 is 2.31 bits per heavy atom. The number of pyridine rings is 2. The van der Waals surface area contributed by atoms with E-state index in [0.29, 0.717) is 25.7 Å². The number of carbonyl (C=O) groups excluding carboxylic acids is 1. The van der Waals surface area contributed by atoms with Crippen molar-refractivity contribution in [2.24, 2.45) is 5.92 Å². The van der Waals surface area contributed by atoms with Gasteiger partial charge in [0.05, 0.1) is 29.1 Å². The number of benzene rings is 1. The monoisotopic (exact) mass is 453 g/mol. The van der Waals surface area contributed by atoms with Gasteiger partial charge in [0, 0.05) is 28.4 Å². The van der Waals surface area contributed by atoms with Crippen molar-refractivity contribution in [3.8, 4) is 11.3 Å². The van der Waals surface area contributed by atoms with Crippen LogP contribution in [-0.2, 0) is 19.6 Å². The third-order valence-corrected chi connectivity index (χ3v) is 7.45. The number of methoxy groups -OCH3 is 1. The molecule has 32 heavy (non-hydrogen) atoms. The highest BCUT2D eigenvalue weighted by Crippen LogP contribution is 2.28. The van der Waals surface area contributed by atoms with Gasteiger partial charge in [-0.2, -0.15) is 0 Å². The van der Waals surface area contributed by atoms with Crippen LogP contribution >= 0.6 is 0 Å². The van der Waals surface area contributed by atoms with Crippen LogP contribution in [0.5, 0.6) is 0 Å². The summed E-state index contributed by atoms with van der Waals surface area (Å²) < 4.78 is 33.5. The van der Waals surface area contributed by atoms with Crippen LogP contribution in [-0.4, -0.2) is 37.5 Å². The maximum Gasteiger partial charge on any atom is 0.308 e. The molecule has 168 valence electrons. The molecule has 0 saturated heterocycles. The van der Waals surface area contributed by atoms with Crippen LogP contribution in [0.15, 0.2) is 47.4 Å². The number of esters is 1. The zero-order valence-electron chi connectivity index (χ0n) is 18.5. The van der Waals surface area contributed by atoms with Crippen molar-refractivity contribution < 1.29 is 17.9 Å². The lowest BCUT2D eigenvalue weighted by Gasteiger charge is -2.27. The third-order valence-electron chi connectivity index (χ3n) is 5.93. The lowest BCUT2D eigenvalue weighted by molar-refractivity contribution is -0.146. The normalized spacial score (nSPS) is 19.1. The number of carbonyl (C=O) groups is 1. The number of nitrogens with zero attached hydrogens (tertiary/aromatic N) is 2. The van der Waals surface area contributed by atoms with Gasteiger partial charge in [-0.3, -0.25) is 9.78 Å². The van der Waals surface area contributed by atoms with Crippen LogP contribution in [0.2, 0.25) is 0 Å². The number of nitrogens with one attached hydrogen (secondary N) is 1. The van der Waals surface area contributed by atoms with Gasteiger partial charge in [0.1, 0.15) is 0 Å². The van der Waals surface area contributed by atoms with Crippen LogP contribution in [0.4, 0.5) is 0 Å². The van der Waals surface area contributed by atoms with E-state index >= 15 is 0 Å². The Kier molecular flexibility index (Phi) is 6.26. The summed E-state index contributed by atoms with van der Waals surface area (Å²) in [6.45, 7) is 3.90. The number of hydrogen-bond acceptors (Lipinski definition) is 6. The Bertz CT molecular complexity index is 1250. The molecule has 3 aromatic rings. The van der Waals surface area contributed by atoms with Crippen LogP contribution in [0, 0.1) is 19.8 Å². The molecule has 1 fully saturated rings. The lowest BCUT2D eigenvalue weighted by atomic mass is 9.86. The summed E-state index contributed by atoms with van der Waals surface area (Å²) >= 11 is 0. The first-order chi connectivity index (χ1) is 15.2. The molecule has 8 heteroatoms. The Labute approximate surface area is 188 Å². The molecule has 0 spiro atoms. The first-order valence-electron chi connectivity index (χ1n) is 10.7. The highest BCUT2D eigenvalue weighted by molar-refractivity contribution is 7.89. The van der Waals surface area contributed by atoms with Gasteiger partial charge in [-0.1, -0.05) is 6.07 Å². The van der Waals surface area contributed by atoms with Crippen molar-refractivity contribution in [3.05, 3.63) is 53.9 Å². The van der Waals surface area contributed by atoms with E-state index in [1.807, 2.05) is 38.1 Å². The van der Waals surface area contributed by atoms with Crippen molar-refractivity contribution in [2.45, 2.75) is 50.5 Å². The van der Waals surface area contributed by atoms with Crippen LogP contribution in [0.1, 0.15) is 37.1 Å². The van der Waals surface area contributed by atoms with Gasteiger partial charge >= 0.3 is 5.97 Å². The number of aromatic nitrogens is 2. The summed E-state index contributed by atoms with van der Waals surface area (Å²) in [7, 11) is -2.29. The summed E-state index contributed by atoms with van der Waals surface area (Å²) in [5, 5.41) is 0.758. The minimum atomic E-state index is -3.67. The highest BCUT2D eigenvalue weighted by Gasteiger charge is 2.29. The van der Waals surface area contributed by atoms with Gasteiger partial charge in [-0.15, -0.1) is 0 Å². The second kappa shape index (κ2) is 8.96. The molecule has 1 saturated carbocycles. The van der Waals surface area contributed by atoms with Crippen LogP contribution < -0.4 is 4.72 Å². The third kappa shape index (κ3) is 4.81. The predicted octanol–water partition coefficient (Wildman–Crippen LogP) is 3.92. The van der Waals surface area contributed by atoms with E-state index < -0.39 is 10.0 Å². The lowest BCUT2D eigenvalue weighted by Crippen LogP contribution is -2.38. The number of ether oxygens (including phenoxy) is 1. The Hall–Kier alpha value is -2.84. The van der Waals surface area contributed by atoms with Gasteiger partial charge in [0.2, 0.25) is 10.0 Å². The molecule has 4 rings (SSSR count). The second-order valence-corrected chi connectivity index (χ2v) is 10.1. The van der Waals surface area contributed by atoms with E-state index in [1.165, 1.54) is 7.11 Å². The Balaban J connectivity index is 1.52. The number of fused-ring (bicyclic) bond motifs is 1. The Morgan fingerprint density at radius 1 is 0.969 bits per heavy atom. The van der Waals surface area contributed by atoms with Crippen LogP contribution in [0.25, 0.3) is 22.2 Å². The number of aryl methyl sites for hydroxylation is 2. The molecule has 0 radical (unpaired) electrons. The fraction of sp³-hybridized carbons (Fsp3) is 0.375. The summed E-state index contributed by atoms with van der Waals surface area (Å²) in [6, 6.07) is 12.6. The molecule has 0 bridgehead atoms. The molecule has 0 amide bonds. The first kappa shape index (κ1) is 22.4. The molecule has 1 aliphatic carbocycles. The van der Waals surface area contributed by atoms with Gasteiger partial charge < -0.3 is 4.74 Å². The summed E-state index contributed by atoms with van der Waals surface area (Å²) in [4.78, 5) is 21.0.